The van der Waals surface area contributed by atoms with Crippen LogP contribution in [0, 0.1) is 0 Å². The topological polar surface area (TPSA) is 54.0 Å². The number of rotatable bonds is 9. The van der Waals surface area contributed by atoms with Crippen molar-refractivity contribution in [3.8, 4) is 11.5 Å². The van der Waals surface area contributed by atoms with E-state index >= 15 is 0 Å². The standard InChI is InChI=1S/C28H33N3O3/c1-2-23-11-13-25(14-12-23)29-28(32)31(16-15-30-17-19-33-20-18-30)22-24-7-6-10-27(21-24)34-26-8-4-3-5-9-26/h3-14,21H,2,15-20,22H2,1H3,(H,29,32). The number of nitrogens with zero attached hydrogens (tertiary/aromatic N) is 2. The summed E-state index contributed by atoms with van der Waals surface area (Å²) in [6, 6.07) is 25.6. The van der Waals surface area contributed by atoms with Crippen molar-refractivity contribution < 1.29 is 14.3 Å². The van der Waals surface area contributed by atoms with Crippen molar-refractivity contribution in [1.82, 2.24) is 9.80 Å². The van der Waals surface area contributed by atoms with Crippen LogP contribution >= 0.6 is 0 Å². The molecule has 1 aliphatic heterocycles. The first-order valence-corrected chi connectivity index (χ1v) is 12.0. The number of urea groups is 1. The van der Waals surface area contributed by atoms with Gasteiger partial charge in [-0.1, -0.05) is 49.4 Å². The van der Waals surface area contributed by atoms with E-state index in [-0.39, 0.29) is 6.03 Å². The van der Waals surface area contributed by atoms with Crippen LogP contribution in [0.5, 0.6) is 11.5 Å². The van der Waals surface area contributed by atoms with Crippen LogP contribution in [-0.2, 0) is 17.7 Å². The van der Waals surface area contributed by atoms with Crippen LogP contribution in [0.4, 0.5) is 10.5 Å². The molecule has 6 heteroatoms. The van der Waals surface area contributed by atoms with Crippen molar-refractivity contribution in [2.75, 3.05) is 44.7 Å². The molecule has 3 aromatic rings. The molecule has 34 heavy (non-hydrogen) atoms. The number of hydrogen-bond acceptors (Lipinski definition) is 4. The van der Waals surface area contributed by atoms with Gasteiger partial charge in [-0.2, -0.15) is 0 Å². The number of para-hydroxylation sites is 1. The van der Waals surface area contributed by atoms with E-state index in [9.17, 15) is 4.79 Å². The number of morpholine rings is 1. The van der Waals surface area contributed by atoms with Gasteiger partial charge in [-0.15, -0.1) is 0 Å². The third-order valence-electron chi connectivity index (χ3n) is 5.94. The van der Waals surface area contributed by atoms with Crippen LogP contribution in [-0.4, -0.2) is 55.2 Å². The third kappa shape index (κ3) is 7.07. The number of carbonyl (C=O) groups is 1. The molecule has 0 radical (unpaired) electrons. The van der Waals surface area contributed by atoms with Crippen molar-refractivity contribution in [3.63, 3.8) is 0 Å². The predicted molar refractivity (Wildman–Crippen MR) is 135 cm³/mol. The summed E-state index contributed by atoms with van der Waals surface area (Å²) in [6.45, 7) is 7.34. The number of ether oxygens (including phenoxy) is 2. The fourth-order valence-corrected chi connectivity index (χ4v) is 3.92. The van der Waals surface area contributed by atoms with E-state index in [0.717, 1.165) is 62.0 Å². The van der Waals surface area contributed by atoms with Crippen molar-refractivity contribution in [2.24, 2.45) is 0 Å². The second kappa shape index (κ2) is 12.2. The van der Waals surface area contributed by atoms with Gasteiger partial charge in [0.2, 0.25) is 0 Å². The molecule has 1 aliphatic rings. The molecule has 0 aromatic heterocycles. The lowest BCUT2D eigenvalue weighted by Crippen LogP contribution is -2.44. The first-order chi connectivity index (χ1) is 16.7. The summed E-state index contributed by atoms with van der Waals surface area (Å²) in [4.78, 5) is 17.5. The lowest BCUT2D eigenvalue weighted by Gasteiger charge is -2.30. The predicted octanol–water partition coefficient (Wildman–Crippen LogP) is 5.41. The summed E-state index contributed by atoms with van der Waals surface area (Å²) in [5.74, 6) is 1.55. The molecule has 0 saturated carbocycles. The molecule has 4 rings (SSSR count). The van der Waals surface area contributed by atoms with E-state index in [2.05, 4.69) is 29.3 Å². The Hall–Kier alpha value is -3.35. The minimum atomic E-state index is -0.105. The van der Waals surface area contributed by atoms with E-state index in [4.69, 9.17) is 9.47 Å². The molecule has 178 valence electrons. The SMILES string of the molecule is CCc1ccc(NC(=O)N(CCN2CCOCC2)Cc2cccc(Oc3ccccc3)c2)cc1. The highest BCUT2D eigenvalue weighted by Crippen LogP contribution is 2.23. The Kier molecular flexibility index (Phi) is 8.54. The van der Waals surface area contributed by atoms with E-state index in [1.165, 1.54) is 5.56 Å². The molecular weight excluding hydrogens is 426 g/mol. The molecule has 0 spiro atoms. The van der Waals surface area contributed by atoms with Crippen molar-refractivity contribution in [3.05, 3.63) is 90.0 Å². The molecule has 0 aliphatic carbocycles. The van der Waals surface area contributed by atoms with Gasteiger partial charge in [-0.25, -0.2) is 4.79 Å². The lowest BCUT2D eigenvalue weighted by atomic mass is 10.1. The summed E-state index contributed by atoms with van der Waals surface area (Å²) in [7, 11) is 0. The first-order valence-electron chi connectivity index (χ1n) is 12.0. The van der Waals surface area contributed by atoms with Gasteiger partial charge in [0.15, 0.2) is 0 Å². The summed E-state index contributed by atoms with van der Waals surface area (Å²) >= 11 is 0. The van der Waals surface area contributed by atoms with Gasteiger partial charge in [-0.3, -0.25) is 4.90 Å². The Labute approximate surface area is 202 Å². The maximum absolute atomic E-state index is 13.3. The molecule has 0 unspecified atom stereocenters. The molecule has 1 heterocycles. The molecule has 1 N–H and O–H groups in total. The Balaban J connectivity index is 1.45. The average Bonchev–Trinajstić information content (AvgIpc) is 2.88. The molecule has 1 fully saturated rings. The zero-order valence-electron chi connectivity index (χ0n) is 19.8. The van der Waals surface area contributed by atoms with E-state index in [1.54, 1.807) is 0 Å². The van der Waals surface area contributed by atoms with Gasteiger partial charge in [0.1, 0.15) is 11.5 Å². The fourth-order valence-electron chi connectivity index (χ4n) is 3.92. The molecule has 2 amide bonds. The maximum atomic E-state index is 13.3. The second-order valence-electron chi connectivity index (χ2n) is 8.42. The number of amides is 2. The zero-order chi connectivity index (χ0) is 23.6. The zero-order valence-corrected chi connectivity index (χ0v) is 19.8. The number of hydrogen-bond donors (Lipinski definition) is 1. The lowest BCUT2D eigenvalue weighted by molar-refractivity contribution is 0.0349. The Morgan fingerprint density at radius 2 is 1.68 bits per heavy atom. The number of anilines is 1. The smallest absolute Gasteiger partial charge is 0.322 e. The molecule has 1 saturated heterocycles. The number of nitrogens with one attached hydrogen (secondary N) is 1. The van der Waals surface area contributed by atoms with E-state index < -0.39 is 0 Å². The largest absolute Gasteiger partial charge is 0.457 e. The minimum absolute atomic E-state index is 0.105. The first kappa shape index (κ1) is 23.8. The minimum Gasteiger partial charge on any atom is -0.457 e. The molecule has 6 nitrogen and oxygen atoms in total. The highest BCUT2D eigenvalue weighted by molar-refractivity contribution is 5.89. The Morgan fingerprint density at radius 3 is 2.41 bits per heavy atom. The van der Waals surface area contributed by atoms with Gasteiger partial charge in [0.25, 0.3) is 0 Å². The van der Waals surface area contributed by atoms with Crippen molar-refractivity contribution >= 4 is 11.7 Å². The van der Waals surface area contributed by atoms with Gasteiger partial charge in [-0.05, 0) is 53.9 Å². The number of carbonyl (C=O) groups excluding carboxylic acids is 1. The fraction of sp³-hybridized carbons (Fsp3) is 0.321. The molecule has 0 bridgehead atoms. The summed E-state index contributed by atoms with van der Waals surface area (Å²) < 4.78 is 11.5. The summed E-state index contributed by atoms with van der Waals surface area (Å²) in [6.07, 6.45) is 0.974. The van der Waals surface area contributed by atoms with Crippen molar-refractivity contribution in [2.45, 2.75) is 19.9 Å². The number of benzene rings is 3. The second-order valence-corrected chi connectivity index (χ2v) is 8.42. The third-order valence-corrected chi connectivity index (χ3v) is 5.94. The van der Waals surface area contributed by atoms with E-state index in [1.807, 2.05) is 71.6 Å². The van der Waals surface area contributed by atoms with Gasteiger partial charge in [0, 0.05) is 38.4 Å². The van der Waals surface area contributed by atoms with Crippen LogP contribution in [0.25, 0.3) is 0 Å². The normalized spacial score (nSPS) is 13.9. The van der Waals surface area contributed by atoms with Gasteiger partial charge in [0.05, 0.1) is 13.2 Å². The van der Waals surface area contributed by atoms with Crippen LogP contribution in [0.1, 0.15) is 18.1 Å². The maximum Gasteiger partial charge on any atom is 0.322 e. The number of aryl methyl sites for hydroxylation is 1. The van der Waals surface area contributed by atoms with Gasteiger partial charge >= 0.3 is 6.03 Å². The van der Waals surface area contributed by atoms with Crippen LogP contribution in [0.2, 0.25) is 0 Å². The summed E-state index contributed by atoms with van der Waals surface area (Å²) in [5, 5.41) is 3.07. The Bertz CT molecular complexity index is 1030. The highest BCUT2D eigenvalue weighted by atomic mass is 16.5. The van der Waals surface area contributed by atoms with Crippen LogP contribution in [0.3, 0.4) is 0 Å². The molecular formula is C28H33N3O3. The van der Waals surface area contributed by atoms with Crippen LogP contribution < -0.4 is 10.1 Å². The van der Waals surface area contributed by atoms with Crippen molar-refractivity contribution in [1.29, 1.82) is 0 Å². The molecule has 0 atom stereocenters. The van der Waals surface area contributed by atoms with E-state index in [0.29, 0.717) is 13.1 Å². The van der Waals surface area contributed by atoms with Crippen LogP contribution in [0.15, 0.2) is 78.9 Å². The average molecular weight is 460 g/mol. The monoisotopic (exact) mass is 459 g/mol. The van der Waals surface area contributed by atoms with Gasteiger partial charge < -0.3 is 19.7 Å². The summed E-state index contributed by atoms with van der Waals surface area (Å²) in [5.41, 5.74) is 3.07. The Morgan fingerprint density at radius 1 is 0.941 bits per heavy atom. The highest BCUT2D eigenvalue weighted by Gasteiger charge is 2.18. The quantitative estimate of drug-likeness (QED) is 0.465. The molecule has 3 aromatic carbocycles.